The monoisotopic (exact) mass is 611 g/mol. The largest absolute Gasteiger partial charge is 0.208 e. The summed E-state index contributed by atoms with van der Waals surface area (Å²) in [4.78, 5) is 14.7. The van der Waals surface area contributed by atoms with Crippen LogP contribution >= 0.6 is 0 Å². The van der Waals surface area contributed by atoms with Crippen LogP contribution in [0, 0.1) is 0 Å². The fraction of sp³-hybridized carbons (Fsp3) is 0. The van der Waals surface area contributed by atoms with Crippen molar-refractivity contribution in [3.05, 3.63) is 176 Å². The van der Waals surface area contributed by atoms with Gasteiger partial charge in [0, 0.05) is 16.7 Å². The van der Waals surface area contributed by atoms with Gasteiger partial charge in [0.05, 0.1) is 0 Å². The van der Waals surface area contributed by atoms with E-state index in [0.717, 1.165) is 22.3 Å². The average Bonchev–Trinajstić information content (AvgIpc) is 3.17. The third kappa shape index (κ3) is 4.90. The van der Waals surface area contributed by atoms with Crippen molar-refractivity contribution >= 4 is 32.3 Å². The molecular weight excluding hydrogens is 583 g/mol. The van der Waals surface area contributed by atoms with Crippen LogP contribution in [0.15, 0.2) is 176 Å². The van der Waals surface area contributed by atoms with Crippen molar-refractivity contribution < 1.29 is 0 Å². The van der Waals surface area contributed by atoms with Crippen LogP contribution in [0.25, 0.3) is 88.7 Å². The first-order valence-electron chi connectivity index (χ1n) is 16.2. The minimum absolute atomic E-state index is 0.651. The van der Waals surface area contributed by atoms with E-state index in [9.17, 15) is 0 Å². The summed E-state index contributed by atoms with van der Waals surface area (Å²) < 4.78 is 0. The Balaban J connectivity index is 1.17. The van der Waals surface area contributed by atoms with Crippen molar-refractivity contribution in [2.45, 2.75) is 0 Å². The smallest absolute Gasteiger partial charge is 0.164 e. The summed E-state index contributed by atoms with van der Waals surface area (Å²) in [6.45, 7) is 0. The fourth-order valence-electron chi connectivity index (χ4n) is 6.81. The van der Waals surface area contributed by atoms with Crippen molar-refractivity contribution in [3.8, 4) is 56.4 Å². The van der Waals surface area contributed by atoms with Crippen LogP contribution in [0.3, 0.4) is 0 Å². The van der Waals surface area contributed by atoms with Gasteiger partial charge in [0.1, 0.15) is 0 Å². The zero-order valence-electron chi connectivity index (χ0n) is 26.1. The predicted molar refractivity (Wildman–Crippen MR) is 200 cm³/mol. The molecule has 0 saturated carbocycles. The second-order valence-corrected chi connectivity index (χ2v) is 12.0. The molecule has 0 saturated heterocycles. The zero-order valence-corrected chi connectivity index (χ0v) is 26.1. The highest BCUT2D eigenvalue weighted by molar-refractivity contribution is 6.21. The molecule has 9 aromatic rings. The maximum absolute atomic E-state index is 4.92. The van der Waals surface area contributed by atoms with E-state index in [1.165, 1.54) is 49.0 Å². The number of aromatic nitrogens is 3. The van der Waals surface area contributed by atoms with Crippen LogP contribution < -0.4 is 0 Å². The molecule has 0 fully saturated rings. The van der Waals surface area contributed by atoms with Gasteiger partial charge in [0.2, 0.25) is 0 Å². The Labute approximate surface area is 278 Å². The SMILES string of the molecule is c1ccc(-c2nc(-c3ccccc3)nc(-c3ccc(-c4cccc5c4ccc4c(-c6ccccc6)c6ccccc6cc45)cc3)n2)cc1. The highest BCUT2D eigenvalue weighted by Crippen LogP contribution is 2.41. The molecule has 224 valence electrons. The lowest BCUT2D eigenvalue weighted by Gasteiger charge is -2.15. The zero-order chi connectivity index (χ0) is 31.9. The van der Waals surface area contributed by atoms with Gasteiger partial charge in [0.25, 0.3) is 0 Å². The van der Waals surface area contributed by atoms with Crippen LogP contribution in [0.2, 0.25) is 0 Å². The molecule has 1 aromatic heterocycles. The number of rotatable bonds is 5. The second-order valence-electron chi connectivity index (χ2n) is 12.0. The summed E-state index contributed by atoms with van der Waals surface area (Å²) in [6, 6.07) is 61.8. The lowest BCUT2D eigenvalue weighted by molar-refractivity contribution is 1.07. The maximum Gasteiger partial charge on any atom is 0.164 e. The van der Waals surface area contributed by atoms with Gasteiger partial charge in [-0.15, -0.1) is 0 Å². The first kappa shape index (κ1) is 27.8. The quantitative estimate of drug-likeness (QED) is 0.144. The molecule has 0 atom stereocenters. The number of nitrogens with zero attached hydrogens (tertiary/aromatic N) is 3. The topological polar surface area (TPSA) is 38.7 Å². The van der Waals surface area contributed by atoms with Crippen molar-refractivity contribution in [2.75, 3.05) is 0 Å². The molecule has 8 aromatic carbocycles. The lowest BCUT2D eigenvalue weighted by Crippen LogP contribution is -2.00. The predicted octanol–water partition coefficient (Wildman–Crippen LogP) is 11.7. The van der Waals surface area contributed by atoms with Gasteiger partial charge in [0.15, 0.2) is 17.5 Å². The van der Waals surface area contributed by atoms with Crippen molar-refractivity contribution in [3.63, 3.8) is 0 Å². The molecule has 9 rings (SSSR count). The number of hydrogen-bond donors (Lipinski definition) is 0. The van der Waals surface area contributed by atoms with Crippen LogP contribution in [-0.2, 0) is 0 Å². The Morgan fingerprint density at radius 2 is 0.750 bits per heavy atom. The molecule has 0 radical (unpaired) electrons. The summed E-state index contributed by atoms with van der Waals surface area (Å²) in [5.74, 6) is 1.97. The number of benzene rings is 8. The van der Waals surface area contributed by atoms with E-state index in [0.29, 0.717) is 17.5 Å². The summed E-state index contributed by atoms with van der Waals surface area (Å²) in [7, 11) is 0. The van der Waals surface area contributed by atoms with Gasteiger partial charge in [-0.05, 0) is 60.6 Å². The molecule has 0 bridgehead atoms. The van der Waals surface area contributed by atoms with Gasteiger partial charge in [-0.25, -0.2) is 15.0 Å². The third-order valence-electron chi connectivity index (χ3n) is 9.12. The Kier molecular flexibility index (Phi) is 6.80. The summed E-state index contributed by atoms with van der Waals surface area (Å²) >= 11 is 0. The number of fused-ring (bicyclic) bond motifs is 4. The molecule has 0 aliphatic heterocycles. The molecule has 0 N–H and O–H groups in total. The Hall–Kier alpha value is -6.45. The van der Waals surface area contributed by atoms with E-state index in [-0.39, 0.29) is 0 Å². The summed E-state index contributed by atoms with van der Waals surface area (Å²) in [6.07, 6.45) is 0. The van der Waals surface area contributed by atoms with Crippen LogP contribution in [0.1, 0.15) is 0 Å². The minimum atomic E-state index is 0.651. The van der Waals surface area contributed by atoms with Gasteiger partial charge in [-0.2, -0.15) is 0 Å². The molecular formula is C45H29N3. The van der Waals surface area contributed by atoms with E-state index in [1.807, 2.05) is 60.7 Å². The third-order valence-corrected chi connectivity index (χ3v) is 9.12. The number of hydrogen-bond acceptors (Lipinski definition) is 3. The molecule has 48 heavy (non-hydrogen) atoms. The van der Waals surface area contributed by atoms with E-state index >= 15 is 0 Å². The molecule has 1 heterocycles. The summed E-state index contributed by atoms with van der Waals surface area (Å²) in [5, 5.41) is 7.51. The van der Waals surface area contributed by atoms with E-state index in [2.05, 4.69) is 115 Å². The Morgan fingerprint density at radius 1 is 0.271 bits per heavy atom. The molecule has 0 aliphatic carbocycles. The minimum Gasteiger partial charge on any atom is -0.208 e. The first-order valence-corrected chi connectivity index (χ1v) is 16.2. The Morgan fingerprint density at radius 3 is 1.38 bits per heavy atom. The van der Waals surface area contributed by atoms with E-state index < -0.39 is 0 Å². The Bertz CT molecular complexity index is 2520. The molecule has 0 aliphatic rings. The van der Waals surface area contributed by atoms with Crippen molar-refractivity contribution in [1.82, 2.24) is 15.0 Å². The normalized spacial score (nSPS) is 11.3. The highest BCUT2D eigenvalue weighted by Gasteiger charge is 2.15. The lowest BCUT2D eigenvalue weighted by atomic mass is 9.88. The van der Waals surface area contributed by atoms with E-state index in [4.69, 9.17) is 15.0 Å². The van der Waals surface area contributed by atoms with Crippen LogP contribution in [-0.4, -0.2) is 15.0 Å². The molecule has 3 heteroatoms. The van der Waals surface area contributed by atoms with Gasteiger partial charge in [-0.3, -0.25) is 0 Å². The molecule has 3 nitrogen and oxygen atoms in total. The van der Waals surface area contributed by atoms with E-state index in [1.54, 1.807) is 0 Å². The average molecular weight is 612 g/mol. The fourth-order valence-corrected chi connectivity index (χ4v) is 6.81. The standard InChI is InChI=1S/C45H29N3/c1-4-13-31(14-5-1)42-37-20-11-10-19-35(37)29-41-38-22-12-21-36(39(38)27-28-40(41)42)30-23-25-34(26-24-30)45-47-43(32-15-6-2-7-16-32)46-44(48-45)33-17-8-3-9-18-33/h1-29H. The van der Waals surface area contributed by atoms with Crippen LogP contribution in [0.4, 0.5) is 0 Å². The molecule has 0 unspecified atom stereocenters. The first-order chi connectivity index (χ1) is 23.8. The van der Waals surface area contributed by atoms with Gasteiger partial charge in [-0.1, -0.05) is 170 Å². The van der Waals surface area contributed by atoms with Crippen LogP contribution in [0.5, 0.6) is 0 Å². The molecule has 0 spiro atoms. The highest BCUT2D eigenvalue weighted by atomic mass is 15.0. The van der Waals surface area contributed by atoms with Gasteiger partial charge >= 0.3 is 0 Å². The van der Waals surface area contributed by atoms with Crippen molar-refractivity contribution in [1.29, 1.82) is 0 Å². The van der Waals surface area contributed by atoms with Crippen molar-refractivity contribution in [2.24, 2.45) is 0 Å². The maximum atomic E-state index is 4.92. The molecule has 0 amide bonds. The second kappa shape index (κ2) is 11.7. The van der Waals surface area contributed by atoms with Gasteiger partial charge < -0.3 is 0 Å². The summed E-state index contributed by atoms with van der Waals surface area (Å²) in [5.41, 5.74) is 7.72.